The number of amides is 1. The average Bonchev–Trinajstić information content (AvgIpc) is 3.14. The van der Waals surface area contributed by atoms with Crippen molar-refractivity contribution in [3.8, 4) is 5.75 Å². The van der Waals surface area contributed by atoms with Crippen LogP contribution in [0.25, 0.3) is 0 Å². The third-order valence-electron chi connectivity index (χ3n) is 5.20. The first-order valence-electron chi connectivity index (χ1n) is 9.96. The molecule has 0 bridgehead atoms. The van der Waals surface area contributed by atoms with Crippen molar-refractivity contribution >= 4 is 17.5 Å². The highest BCUT2D eigenvalue weighted by molar-refractivity contribution is 6.32. The van der Waals surface area contributed by atoms with E-state index < -0.39 is 0 Å². The summed E-state index contributed by atoms with van der Waals surface area (Å²) in [6, 6.07) is 17.6. The molecule has 6 heteroatoms. The Morgan fingerprint density at radius 2 is 1.97 bits per heavy atom. The molecule has 1 aliphatic rings. The van der Waals surface area contributed by atoms with E-state index in [1.54, 1.807) is 12.1 Å². The fourth-order valence-electron chi connectivity index (χ4n) is 3.74. The van der Waals surface area contributed by atoms with Gasteiger partial charge in [0, 0.05) is 11.3 Å². The van der Waals surface area contributed by atoms with Crippen molar-refractivity contribution < 1.29 is 9.53 Å². The molecule has 29 heavy (non-hydrogen) atoms. The van der Waals surface area contributed by atoms with Gasteiger partial charge >= 0.3 is 0 Å². The Bertz CT molecular complexity index is 971. The standard InChI is InChI=1S/C23H24ClN3O2/c24-19-9-4-5-12-22(19)29-14-13-23(28)26-20-10-6-11-21-18(20)15-25-27(21)16-17-7-2-1-3-8-17/h1-5,7-9,12,15,20H,6,10-11,13-14,16H2,(H,26,28)/t20-/m1/s1. The highest BCUT2D eigenvalue weighted by atomic mass is 35.5. The lowest BCUT2D eigenvalue weighted by Crippen LogP contribution is -2.31. The van der Waals surface area contributed by atoms with Crippen LogP contribution < -0.4 is 10.1 Å². The molecule has 3 aromatic rings. The molecule has 0 spiro atoms. The molecule has 2 aromatic carbocycles. The molecule has 0 saturated heterocycles. The number of nitrogens with zero attached hydrogens (tertiary/aromatic N) is 2. The van der Waals surface area contributed by atoms with Crippen molar-refractivity contribution in [3.05, 3.63) is 82.6 Å². The molecule has 0 radical (unpaired) electrons. The Hall–Kier alpha value is -2.79. The molecule has 1 amide bonds. The molecule has 1 aliphatic carbocycles. The Kier molecular flexibility index (Phi) is 6.15. The Morgan fingerprint density at radius 3 is 2.79 bits per heavy atom. The molecule has 1 N–H and O–H groups in total. The lowest BCUT2D eigenvalue weighted by molar-refractivity contribution is -0.122. The number of aromatic nitrogens is 2. The zero-order valence-electron chi connectivity index (χ0n) is 16.2. The maximum absolute atomic E-state index is 12.4. The molecular weight excluding hydrogens is 386 g/mol. The molecule has 1 heterocycles. The third-order valence-corrected chi connectivity index (χ3v) is 5.51. The molecule has 150 valence electrons. The van der Waals surface area contributed by atoms with Gasteiger partial charge in [0.2, 0.25) is 5.91 Å². The zero-order chi connectivity index (χ0) is 20.1. The van der Waals surface area contributed by atoms with Crippen molar-refractivity contribution in [1.82, 2.24) is 15.1 Å². The van der Waals surface area contributed by atoms with E-state index in [2.05, 4.69) is 27.2 Å². The van der Waals surface area contributed by atoms with E-state index in [1.807, 2.05) is 36.5 Å². The van der Waals surface area contributed by atoms with Crippen molar-refractivity contribution in [2.75, 3.05) is 6.61 Å². The zero-order valence-corrected chi connectivity index (χ0v) is 16.9. The summed E-state index contributed by atoms with van der Waals surface area (Å²) in [5.41, 5.74) is 3.58. The minimum atomic E-state index is -0.0225. The molecule has 1 aromatic heterocycles. The van der Waals surface area contributed by atoms with Crippen LogP contribution in [0.3, 0.4) is 0 Å². The van der Waals surface area contributed by atoms with Gasteiger partial charge in [-0.15, -0.1) is 0 Å². The number of fused-ring (bicyclic) bond motifs is 1. The van der Waals surface area contributed by atoms with E-state index in [4.69, 9.17) is 16.3 Å². The number of nitrogens with one attached hydrogen (secondary N) is 1. The van der Waals surface area contributed by atoms with E-state index >= 15 is 0 Å². The fourth-order valence-corrected chi connectivity index (χ4v) is 3.93. The number of hydrogen-bond donors (Lipinski definition) is 1. The van der Waals surface area contributed by atoms with Gasteiger partial charge in [-0.25, -0.2) is 0 Å². The summed E-state index contributed by atoms with van der Waals surface area (Å²) in [5.74, 6) is 0.579. The first-order valence-corrected chi connectivity index (χ1v) is 10.3. The normalized spacial score (nSPS) is 15.6. The van der Waals surface area contributed by atoms with Crippen LogP contribution >= 0.6 is 11.6 Å². The van der Waals surface area contributed by atoms with Gasteiger partial charge in [-0.3, -0.25) is 9.48 Å². The van der Waals surface area contributed by atoms with Crippen LogP contribution in [0.2, 0.25) is 5.02 Å². The number of rotatable bonds is 7. The lowest BCUT2D eigenvalue weighted by Gasteiger charge is -2.24. The van der Waals surface area contributed by atoms with Crippen molar-refractivity contribution in [2.24, 2.45) is 0 Å². The van der Waals surface area contributed by atoms with Crippen LogP contribution in [-0.4, -0.2) is 22.3 Å². The molecule has 0 aliphatic heterocycles. The summed E-state index contributed by atoms with van der Waals surface area (Å²) in [5, 5.41) is 8.29. The average molecular weight is 410 g/mol. The predicted octanol–water partition coefficient (Wildman–Crippen LogP) is 4.55. The first kappa shape index (κ1) is 19.5. The Morgan fingerprint density at radius 1 is 1.17 bits per heavy atom. The largest absolute Gasteiger partial charge is 0.491 e. The SMILES string of the molecule is O=C(CCOc1ccccc1Cl)N[C@@H]1CCCc2c1cnn2Cc1ccccc1. The first-order chi connectivity index (χ1) is 14.2. The molecule has 0 fully saturated rings. The maximum atomic E-state index is 12.4. The second-order valence-electron chi connectivity index (χ2n) is 7.23. The number of halogens is 1. The summed E-state index contributed by atoms with van der Waals surface area (Å²) in [4.78, 5) is 12.4. The van der Waals surface area contributed by atoms with Crippen LogP contribution in [0.4, 0.5) is 0 Å². The van der Waals surface area contributed by atoms with Gasteiger partial charge in [-0.1, -0.05) is 54.1 Å². The highest BCUT2D eigenvalue weighted by Crippen LogP contribution is 2.30. The number of carbonyl (C=O) groups is 1. The summed E-state index contributed by atoms with van der Waals surface area (Å²) in [7, 11) is 0. The molecule has 4 rings (SSSR count). The minimum absolute atomic E-state index is 0.0103. The topological polar surface area (TPSA) is 56.1 Å². The van der Waals surface area contributed by atoms with Crippen LogP contribution in [0.15, 0.2) is 60.8 Å². The highest BCUT2D eigenvalue weighted by Gasteiger charge is 2.25. The van der Waals surface area contributed by atoms with Gasteiger partial charge < -0.3 is 10.1 Å². The van der Waals surface area contributed by atoms with E-state index in [0.29, 0.717) is 17.4 Å². The van der Waals surface area contributed by atoms with E-state index in [0.717, 1.165) is 31.4 Å². The third kappa shape index (κ3) is 4.80. The van der Waals surface area contributed by atoms with E-state index in [1.165, 1.54) is 11.3 Å². The van der Waals surface area contributed by atoms with E-state index in [-0.39, 0.29) is 18.4 Å². The number of para-hydroxylation sites is 1. The van der Waals surface area contributed by atoms with Gasteiger partial charge in [-0.05, 0) is 37.0 Å². The van der Waals surface area contributed by atoms with Crippen molar-refractivity contribution in [3.63, 3.8) is 0 Å². The molecule has 0 saturated carbocycles. The second-order valence-corrected chi connectivity index (χ2v) is 7.64. The lowest BCUT2D eigenvalue weighted by atomic mass is 9.92. The number of hydrogen-bond acceptors (Lipinski definition) is 3. The quantitative estimate of drug-likeness (QED) is 0.622. The Labute approximate surface area is 175 Å². The fraction of sp³-hybridized carbons (Fsp3) is 0.304. The second kappa shape index (κ2) is 9.14. The van der Waals surface area contributed by atoms with Gasteiger partial charge in [0.1, 0.15) is 5.75 Å². The predicted molar refractivity (Wildman–Crippen MR) is 113 cm³/mol. The molecule has 5 nitrogen and oxygen atoms in total. The molecule has 0 unspecified atom stereocenters. The van der Waals surface area contributed by atoms with Gasteiger partial charge in [0.25, 0.3) is 0 Å². The summed E-state index contributed by atoms with van der Waals surface area (Å²) in [6.45, 7) is 1.05. The molecular formula is C23H24ClN3O2. The monoisotopic (exact) mass is 409 g/mol. The van der Waals surface area contributed by atoms with Crippen LogP contribution in [-0.2, 0) is 17.8 Å². The molecule has 1 atom stereocenters. The summed E-state index contributed by atoms with van der Waals surface area (Å²) >= 11 is 6.08. The van der Waals surface area contributed by atoms with Crippen LogP contribution in [0.1, 0.15) is 42.1 Å². The Balaban J connectivity index is 1.34. The summed E-state index contributed by atoms with van der Waals surface area (Å²) in [6.07, 6.45) is 5.15. The van der Waals surface area contributed by atoms with Crippen molar-refractivity contribution in [1.29, 1.82) is 0 Å². The van der Waals surface area contributed by atoms with Gasteiger partial charge in [0.05, 0.1) is 36.8 Å². The van der Waals surface area contributed by atoms with Crippen LogP contribution in [0.5, 0.6) is 5.75 Å². The minimum Gasteiger partial charge on any atom is -0.491 e. The van der Waals surface area contributed by atoms with E-state index in [9.17, 15) is 4.79 Å². The summed E-state index contributed by atoms with van der Waals surface area (Å²) < 4.78 is 7.69. The smallest absolute Gasteiger partial charge is 0.223 e. The maximum Gasteiger partial charge on any atom is 0.223 e. The van der Waals surface area contributed by atoms with Crippen molar-refractivity contribution in [2.45, 2.75) is 38.3 Å². The number of carbonyl (C=O) groups excluding carboxylic acids is 1. The van der Waals surface area contributed by atoms with Gasteiger partial charge in [-0.2, -0.15) is 5.10 Å². The van der Waals surface area contributed by atoms with Crippen LogP contribution in [0, 0.1) is 0 Å². The number of benzene rings is 2. The number of ether oxygens (including phenoxy) is 1. The van der Waals surface area contributed by atoms with Gasteiger partial charge in [0.15, 0.2) is 0 Å².